The number of anilines is 2. The van der Waals surface area contributed by atoms with Gasteiger partial charge in [-0.2, -0.15) is 0 Å². The van der Waals surface area contributed by atoms with Crippen molar-refractivity contribution < 1.29 is 17.9 Å². The van der Waals surface area contributed by atoms with Gasteiger partial charge in [-0.1, -0.05) is 23.7 Å². The number of methoxy groups -OCH3 is 1. The number of hydrogen-bond acceptors (Lipinski definition) is 4. The molecule has 0 spiro atoms. The number of ether oxygens (including phenoxy) is 1. The first-order valence-electron chi connectivity index (χ1n) is 6.56. The molecule has 0 aliphatic rings. The third-order valence-corrected chi connectivity index (χ3v) is 4.60. The normalized spacial score (nSPS) is 10.9. The SMILES string of the molecule is COc1ccccc1NS(=O)(=O)c1ccc(Cl)c(NC(C)=O)c1. The average molecular weight is 355 g/mol. The number of carbonyl (C=O) groups is 1. The summed E-state index contributed by atoms with van der Waals surface area (Å²) in [6, 6.07) is 10.7. The van der Waals surface area contributed by atoms with Crippen molar-refractivity contribution in [3.63, 3.8) is 0 Å². The van der Waals surface area contributed by atoms with E-state index in [0.717, 1.165) is 0 Å². The lowest BCUT2D eigenvalue weighted by Crippen LogP contribution is -2.14. The van der Waals surface area contributed by atoms with Crippen molar-refractivity contribution in [1.29, 1.82) is 0 Å². The summed E-state index contributed by atoms with van der Waals surface area (Å²) in [6.45, 7) is 1.31. The molecule has 0 saturated carbocycles. The molecule has 1 amide bonds. The molecule has 0 radical (unpaired) electrons. The molecule has 0 saturated heterocycles. The third kappa shape index (κ3) is 4.14. The van der Waals surface area contributed by atoms with Crippen molar-refractivity contribution >= 4 is 38.9 Å². The van der Waals surface area contributed by atoms with Crippen LogP contribution in [0.25, 0.3) is 0 Å². The summed E-state index contributed by atoms with van der Waals surface area (Å²) in [4.78, 5) is 11.1. The molecule has 2 N–H and O–H groups in total. The predicted octanol–water partition coefficient (Wildman–Crippen LogP) is 3.11. The molecule has 0 unspecified atom stereocenters. The fourth-order valence-corrected chi connectivity index (χ4v) is 3.15. The lowest BCUT2D eigenvalue weighted by molar-refractivity contribution is -0.114. The molecule has 0 aliphatic heterocycles. The Morgan fingerprint density at radius 2 is 1.83 bits per heavy atom. The second-order valence-electron chi connectivity index (χ2n) is 4.63. The standard InChI is InChI=1S/C15H15ClN2O4S/c1-10(19)17-14-9-11(7-8-12(14)16)23(20,21)18-13-5-3-4-6-15(13)22-2/h3-9,18H,1-2H3,(H,17,19). The van der Waals surface area contributed by atoms with Gasteiger partial charge in [0.2, 0.25) is 5.91 Å². The van der Waals surface area contributed by atoms with Crippen LogP contribution in [0.5, 0.6) is 5.75 Å². The Morgan fingerprint density at radius 3 is 2.48 bits per heavy atom. The van der Waals surface area contributed by atoms with Gasteiger partial charge in [0.05, 0.1) is 28.4 Å². The van der Waals surface area contributed by atoms with Gasteiger partial charge < -0.3 is 10.1 Å². The fraction of sp³-hybridized carbons (Fsp3) is 0.133. The van der Waals surface area contributed by atoms with Crippen LogP contribution in [0.4, 0.5) is 11.4 Å². The Hall–Kier alpha value is -2.25. The number of nitrogens with one attached hydrogen (secondary N) is 2. The Labute approximate surface area is 139 Å². The quantitative estimate of drug-likeness (QED) is 0.864. The minimum absolute atomic E-state index is 0.0310. The lowest BCUT2D eigenvalue weighted by Gasteiger charge is -2.13. The molecule has 0 aromatic heterocycles. The molecule has 122 valence electrons. The minimum Gasteiger partial charge on any atom is -0.495 e. The zero-order valence-corrected chi connectivity index (χ0v) is 14.0. The first kappa shape index (κ1) is 17.1. The van der Waals surface area contributed by atoms with Crippen molar-refractivity contribution in [3.05, 3.63) is 47.5 Å². The average Bonchev–Trinajstić information content (AvgIpc) is 2.49. The topological polar surface area (TPSA) is 84.5 Å². The summed E-state index contributed by atoms with van der Waals surface area (Å²) >= 11 is 5.95. The summed E-state index contributed by atoms with van der Waals surface area (Å²) in [5.41, 5.74) is 0.535. The highest BCUT2D eigenvalue weighted by molar-refractivity contribution is 7.92. The zero-order valence-electron chi connectivity index (χ0n) is 12.5. The maximum Gasteiger partial charge on any atom is 0.262 e. The molecular weight excluding hydrogens is 340 g/mol. The van der Waals surface area contributed by atoms with Crippen molar-refractivity contribution in [3.8, 4) is 5.75 Å². The van der Waals surface area contributed by atoms with Crippen LogP contribution in [0.2, 0.25) is 5.02 Å². The van der Waals surface area contributed by atoms with Gasteiger partial charge in [0, 0.05) is 6.92 Å². The minimum atomic E-state index is -3.86. The van der Waals surface area contributed by atoms with Crippen LogP contribution >= 0.6 is 11.6 Å². The molecule has 0 bridgehead atoms. The van der Waals surface area contributed by atoms with E-state index in [1.807, 2.05) is 0 Å². The summed E-state index contributed by atoms with van der Waals surface area (Å²) in [6.07, 6.45) is 0. The molecule has 2 rings (SSSR count). The van der Waals surface area contributed by atoms with Crippen LogP contribution in [0.1, 0.15) is 6.92 Å². The summed E-state index contributed by atoms with van der Waals surface area (Å²) in [5, 5.41) is 2.73. The monoisotopic (exact) mass is 354 g/mol. The molecule has 6 nitrogen and oxygen atoms in total. The molecule has 23 heavy (non-hydrogen) atoms. The maximum absolute atomic E-state index is 12.5. The van der Waals surface area contributed by atoms with E-state index in [1.165, 1.54) is 32.2 Å². The van der Waals surface area contributed by atoms with E-state index in [2.05, 4.69) is 10.0 Å². The van der Waals surface area contributed by atoms with E-state index in [4.69, 9.17) is 16.3 Å². The number of hydrogen-bond donors (Lipinski definition) is 2. The van der Waals surface area contributed by atoms with Crippen LogP contribution in [-0.2, 0) is 14.8 Å². The first-order valence-corrected chi connectivity index (χ1v) is 8.42. The van der Waals surface area contributed by atoms with Crippen molar-refractivity contribution in [1.82, 2.24) is 0 Å². The van der Waals surface area contributed by atoms with Gasteiger partial charge in [-0.15, -0.1) is 0 Å². The summed E-state index contributed by atoms with van der Waals surface area (Å²) < 4.78 is 32.6. The smallest absolute Gasteiger partial charge is 0.262 e. The summed E-state index contributed by atoms with van der Waals surface area (Å²) in [7, 11) is -2.41. The van der Waals surface area contributed by atoms with Gasteiger partial charge >= 0.3 is 0 Å². The van der Waals surface area contributed by atoms with Gasteiger partial charge in [-0.05, 0) is 30.3 Å². The maximum atomic E-state index is 12.5. The molecule has 2 aromatic rings. The summed E-state index contributed by atoms with van der Waals surface area (Å²) in [5.74, 6) is 0.0475. The first-order chi connectivity index (χ1) is 10.8. The molecular formula is C15H15ClN2O4S. The largest absolute Gasteiger partial charge is 0.495 e. The van der Waals surface area contributed by atoms with Crippen molar-refractivity contribution in [2.75, 3.05) is 17.1 Å². The number of benzene rings is 2. The van der Waals surface area contributed by atoms with Crippen LogP contribution in [0, 0.1) is 0 Å². The Kier molecular flexibility index (Phi) is 5.12. The number of rotatable bonds is 5. The number of amides is 1. The van der Waals surface area contributed by atoms with Crippen LogP contribution in [0.15, 0.2) is 47.4 Å². The zero-order chi connectivity index (χ0) is 17.0. The molecule has 0 fully saturated rings. The number of sulfonamides is 1. The highest BCUT2D eigenvalue weighted by Gasteiger charge is 2.18. The van der Waals surface area contributed by atoms with E-state index in [9.17, 15) is 13.2 Å². The van der Waals surface area contributed by atoms with E-state index < -0.39 is 10.0 Å². The van der Waals surface area contributed by atoms with E-state index in [-0.39, 0.29) is 21.5 Å². The second kappa shape index (κ2) is 6.89. The van der Waals surface area contributed by atoms with E-state index in [1.54, 1.807) is 24.3 Å². The highest BCUT2D eigenvalue weighted by Crippen LogP contribution is 2.29. The third-order valence-electron chi connectivity index (χ3n) is 2.91. The van der Waals surface area contributed by atoms with E-state index in [0.29, 0.717) is 11.4 Å². The van der Waals surface area contributed by atoms with Crippen molar-refractivity contribution in [2.45, 2.75) is 11.8 Å². The van der Waals surface area contributed by atoms with Crippen LogP contribution in [-0.4, -0.2) is 21.4 Å². The van der Waals surface area contributed by atoms with Gasteiger partial charge in [0.1, 0.15) is 5.75 Å². The number of carbonyl (C=O) groups excluding carboxylic acids is 1. The fourth-order valence-electron chi connectivity index (χ4n) is 1.89. The van der Waals surface area contributed by atoms with Crippen molar-refractivity contribution in [2.24, 2.45) is 0 Å². The Balaban J connectivity index is 2.38. The lowest BCUT2D eigenvalue weighted by atomic mass is 10.3. The van der Waals surface area contributed by atoms with Gasteiger partial charge in [0.15, 0.2) is 0 Å². The van der Waals surface area contributed by atoms with E-state index >= 15 is 0 Å². The molecule has 0 aliphatic carbocycles. The van der Waals surface area contributed by atoms with Gasteiger partial charge in [0.25, 0.3) is 10.0 Å². The predicted molar refractivity (Wildman–Crippen MR) is 89.6 cm³/mol. The molecule has 8 heteroatoms. The molecule has 0 atom stereocenters. The van der Waals surface area contributed by atoms with Crippen LogP contribution < -0.4 is 14.8 Å². The van der Waals surface area contributed by atoms with Gasteiger partial charge in [-0.3, -0.25) is 9.52 Å². The number of para-hydroxylation sites is 2. The Morgan fingerprint density at radius 1 is 1.13 bits per heavy atom. The highest BCUT2D eigenvalue weighted by atomic mass is 35.5. The second-order valence-corrected chi connectivity index (χ2v) is 6.72. The Bertz CT molecular complexity index is 837. The molecule has 0 heterocycles. The van der Waals surface area contributed by atoms with Gasteiger partial charge in [-0.25, -0.2) is 8.42 Å². The molecule has 2 aromatic carbocycles. The van der Waals surface area contributed by atoms with Crippen LogP contribution in [0.3, 0.4) is 0 Å². The number of halogens is 1.